The van der Waals surface area contributed by atoms with Crippen molar-refractivity contribution >= 4 is 17.3 Å². The maximum Gasteiger partial charge on any atom is 0.228 e. The van der Waals surface area contributed by atoms with Crippen LogP contribution < -0.4 is 16.0 Å². The van der Waals surface area contributed by atoms with Gasteiger partial charge >= 0.3 is 0 Å². The van der Waals surface area contributed by atoms with Crippen LogP contribution in [0.25, 0.3) is 0 Å². The van der Waals surface area contributed by atoms with Crippen LogP contribution in [0.3, 0.4) is 0 Å². The van der Waals surface area contributed by atoms with E-state index in [1.54, 1.807) is 12.1 Å². The Hall–Kier alpha value is -1.62. The Morgan fingerprint density at radius 3 is 2.71 bits per heavy atom. The molecular formula is C16H24FN3O. The zero-order valence-corrected chi connectivity index (χ0v) is 12.6. The number of nitrogens with one attached hydrogen (secondary N) is 1. The SMILES string of the molecule is CCCC(CN)C(=O)Nc1ccc(N2CCCC2)c(F)c1. The van der Waals surface area contributed by atoms with Gasteiger partial charge < -0.3 is 16.0 Å². The Kier molecular flexibility index (Phi) is 5.56. The second-order valence-corrected chi connectivity index (χ2v) is 5.57. The topological polar surface area (TPSA) is 58.4 Å². The number of amides is 1. The van der Waals surface area contributed by atoms with Crippen molar-refractivity contribution in [1.82, 2.24) is 0 Å². The normalized spacial score (nSPS) is 16.0. The van der Waals surface area contributed by atoms with Crippen LogP contribution in [-0.2, 0) is 4.79 Å². The molecule has 2 rings (SSSR count). The molecule has 1 heterocycles. The van der Waals surface area contributed by atoms with E-state index in [9.17, 15) is 9.18 Å². The first-order valence-electron chi connectivity index (χ1n) is 7.71. The van der Waals surface area contributed by atoms with E-state index in [0.29, 0.717) is 17.9 Å². The minimum atomic E-state index is -0.283. The molecule has 0 saturated carbocycles. The first-order chi connectivity index (χ1) is 10.2. The van der Waals surface area contributed by atoms with Gasteiger partial charge in [-0.05, 0) is 37.5 Å². The monoisotopic (exact) mass is 293 g/mol. The van der Waals surface area contributed by atoms with Crippen LogP contribution >= 0.6 is 0 Å². The molecule has 4 nitrogen and oxygen atoms in total. The van der Waals surface area contributed by atoms with Crippen LogP contribution in [0.5, 0.6) is 0 Å². The van der Waals surface area contributed by atoms with Gasteiger partial charge in [0.15, 0.2) is 0 Å². The molecular weight excluding hydrogens is 269 g/mol. The molecule has 1 aliphatic heterocycles. The molecule has 0 aromatic heterocycles. The van der Waals surface area contributed by atoms with Gasteiger partial charge in [-0.2, -0.15) is 0 Å². The summed E-state index contributed by atoms with van der Waals surface area (Å²) in [5.74, 6) is -0.626. The zero-order chi connectivity index (χ0) is 15.2. The summed E-state index contributed by atoms with van der Waals surface area (Å²) in [6, 6.07) is 4.90. The lowest BCUT2D eigenvalue weighted by atomic mass is 10.0. The van der Waals surface area contributed by atoms with Crippen LogP contribution in [0.2, 0.25) is 0 Å². The third-order valence-electron chi connectivity index (χ3n) is 3.95. The fourth-order valence-corrected chi connectivity index (χ4v) is 2.75. The van der Waals surface area contributed by atoms with Crippen molar-refractivity contribution in [3.63, 3.8) is 0 Å². The van der Waals surface area contributed by atoms with Crippen molar-refractivity contribution < 1.29 is 9.18 Å². The quantitative estimate of drug-likeness (QED) is 0.848. The minimum absolute atomic E-state index is 0.132. The highest BCUT2D eigenvalue weighted by molar-refractivity contribution is 5.92. The zero-order valence-electron chi connectivity index (χ0n) is 12.6. The maximum absolute atomic E-state index is 14.2. The van der Waals surface area contributed by atoms with Crippen molar-refractivity contribution in [2.45, 2.75) is 32.6 Å². The van der Waals surface area contributed by atoms with E-state index in [2.05, 4.69) is 5.32 Å². The summed E-state index contributed by atoms with van der Waals surface area (Å²) in [6.45, 7) is 4.12. The van der Waals surface area contributed by atoms with Gasteiger partial charge in [-0.15, -0.1) is 0 Å². The van der Waals surface area contributed by atoms with E-state index < -0.39 is 0 Å². The smallest absolute Gasteiger partial charge is 0.228 e. The number of benzene rings is 1. The molecule has 1 amide bonds. The first-order valence-corrected chi connectivity index (χ1v) is 7.71. The van der Waals surface area contributed by atoms with Crippen molar-refractivity contribution in [2.24, 2.45) is 11.7 Å². The van der Waals surface area contributed by atoms with Crippen LogP contribution in [-0.4, -0.2) is 25.5 Å². The largest absolute Gasteiger partial charge is 0.369 e. The summed E-state index contributed by atoms with van der Waals surface area (Å²) in [6.07, 6.45) is 3.86. The summed E-state index contributed by atoms with van der Waals surface area (Å²) < 4.78 is 14.2. The molecule has 1 atom stereocenters. The van der Waals surface area contributed by atoms with Crippen LogP contribution in [0.1, 0.15) is 32.6 Å². The lowest BCUT2D eigenvalue weighted by molar-refractivity contribution is -0.119. The van der Waals surface area contributed by atoms with E-state index in [0.717, 1.165) is 38.8 Å². The fraction of sp³-hybridized carbons (Fsp3) is 0.562. The first kappa shape index (κ1) is 15.8. The number of anilines is 2. The average Bonchev–Trinajstić information content (AvgIpc) is 2.98. The molecule has 1 aromatic carbocycles. The van der Waals surface area contributed by atoms with Gasteiger partial charge in [0.1, 0.15) is 5.82 Å². The molecule has 116 valence electrons. The summed E-state index contributed by atoms with van der Waals surface area (Å²) in [5, 5.41) is 2.76. The standard InChI is InChI=1S/C16H24FN3O/c1-2-5-12(11-18)16(21)19-13-6-7-15(14(17)10-13)20-8-3-4-9-20/h6-7,10,12H,2-5,8-9,11,18H2,1H3,(H,19,21). The predicted octanol–water partition coefficient (Wildman–Crippen LogP) is 2.74. The molecule has 1 saturated heterocycles. The predicted molar refractivity (Wildman–Crippen MR) is 83.9 cm³/mol. The second-order valence-electron chi connectivity index (χ2n) is 5.57. The third kappa shape index (κ3) is 3.94. The molecule has 0 bridgehead atoms. The van der Waals surface area contributed by atoms with E-state index in [1.807, 2.05) is 11.8 Å². The van der Waals surface area contributed by atoms with Crippen LogP contribution in [0.4, 0.5) is 15.8 Å². The minimum Gasteiger partial charge on any atom is -0.369 e. The molecule has 1 unspecified atom stereocenters. The van der Waals surface area contributed by atoms with Crippen molar-refractivity contribution in [3.05, 3.63) is 24.0 Å². The highest BCUT2D eigenvalue weighted by atomic mass is 19.1. The lowest BCUT2D eigenvalue weighted by Gasteiger charge is -2.19. The number of carbonyl (C=O) groups is 1. The number of hydrogen-bond acceptors (Lipinski definition) is 3. The van der Waals surface area contributed by atoms with E-state index in [-0.39, 0.29) is 17.6 Å². The van der Waals surface area contributed by atoms with Crippen LogP contribution in [0, 0.1) is 11.7 Å². The molecule has 1 fully saturated rings. The lowest BCUT2D eigenvalue weighted by Crippen LogP contribution is -2.29. The Labute approximate surface area is 125 Å². The highest BCUT2D eigenvalue weighted by Crippen LogP contribution is 2.26. The summed E-state index contributed by atoms with van der Waals surface area (Å²) in [7, 11) is 0. The summed E-state index contributed by atoms with van der Waals surface area (Å²) in [4.78, 5) is 14.1. The number of nitrogens with two attached hydrogens (primary N) is 1. The maximum atomic E-state index is 14.2. The average molecular weight is 293 g/mol. The molecule has 1 aromatic rings. The van der Waals surface area contributed by atoms with Gasteiger partial charge in [0, 0.05) is 25.3 Å². The van der Waals surface area contributed by atoms with Gasteiger partial charge in [-0.25, -0.2) is 4.39 Å². The van der Waals surface area contributed by atoms with Crippen molar-refractivity contribution in [2.75, 3.05) is 29.9 Å². The Balaban J connectivity index is 2.04. The van der Waals surface area contributed by atoms with Gasteiger partial charge in [0.25, 0.3) is 0 Å². The van der Waals surface area contributed by atoms with Crippen LogP contribution in [0.15, 0.2) is 18.2 Å². The van der Waals surface area contributed by atoms with Gasteiger partial charge in [0.05, 0.1) is 11.6 Å². The van der Waals surface area contributed by atoms with E-state index >= 15 is 0 Å². The Bertz CT molecular complexity index is 486. The third-order valence-corrected chi connectivity index (χ3v) is 3.95. The Morgan fingerprint density at radius 1 is 1.43 bits per heavy atom. The number of hydrogen-bond donors (Lipinski definition) is 2. The van der Waals surface area contributed by atoms with Crippen molar-refractivity contribution in [1.29, 1.82) is 0 Å². The summed E-state index contributed by atoms with van der Waals surface area (Å²) in [5.41, 5.74) is 6.72. The second kappa shape index (κ2) is 7.41. The summed E-state index contributed by atoms with van der Waals surface area (Å²) >= 11 is 0. The number of nitrogens with zero attached hydrogens (tertiary/aromatic N) is 1. The molecule has 0 aliphatic carbocycles. The molecule has 5 heteroatoms. The highest BCUT2D eigenvalue weighted by Gasteiger charge is 2.18. The number of halogens is 1. The molecule has 0 radical (unpaired) electrons. The van der Waals surface area contributed by atoms with Crippen molar-refractivity contribution in [3.8, 4) is 0 Å². The fourth-order valence-electron chi connectivity index (χ4n) is 2.75. The van der Waals surface area contributed by atoms with Gasteiger partial charge in [-0.3, -0.25) is 4.79 Å². The molecule has 21 heavy (non-hydrogen) atoms. The number of carbonyl (C=O) groups excluding carboxylic acids is 1. The van der Waals surface area contributed by atoms with Gasteiger partial charge in [0.2, 0.25) is 5.91 Å². The van der Waals surface area contributed by atoms with E-state index in [1.165, 1.54) is 6.07 Å². The molecule has 1 aliphatic rings. The number of rotatable bonds is 6. The Morgan fingerprint density at radius 2 is 2.14 bits per heavy atom. The van der Waals surface area contributed by atoms with E-state index in [4.69, 9.17) is 5.73 Å². The molecule has 3 N–H and O–H groups in total. The van der Waals surface area contributed by atoms with Gasteiger partial charge in [-0.1, -0.05) is 13.3 Å². The molecule has 0 spiro atoms.